The molecular weight excluding hydrogens is 1980 g/mol. The van der Waals surface area contributed by atoms with Crippen molar-refractivity contribution in [2.24, 2.45) is 11.8 Å². The van der Waals surface area contributed by atoms with Crippen LogP contribution in [0.25, 0.3) is 0 Å². The molecule has 0 radical (unpaired) electrons. The van der Waals surface area contributed by atoms with Crippen molar-refractivity contribution in [2.75, 3.05) is 73.9 Å². The number of carboxylic acid groups (broad SMARTS) is 9. The van der Waals surface area contributed by atoms with Gasteiger partial charge in [0, 0.05) is 112 Å². The van der Waals surface area contributed by atoms with Crippen molar-refractivity contribution in [2.45, 2.75) is 182 Å². The standard InChI is InChI=1S/C15H21O6P.C11H19O8P.C8H15O6P.C8H17O4P.C5H11O5P.C5H13O3P.C3H9O3P.C2H7O3P.10CO2/c16-14(17)8-4-5-9-22(20,21)11-13(15(18)19)10-12-6-2-1-3-7-12;12-9(13)3-1-2-6-20(18,19)7-8(11(16)17)4-5-10(14)15;9-7(10)3-1-2-5-15(13,14)6-4-8(11)12;1-2-6-13(11,12)7-4-3-5-8(9)10;6-5(7)3-1-2-4-11(8,9)10;1-2-3-4-5-9(6,7)8;1-2-3-7(4,5)6;1-2-6(3,4)5;10*2-1-3/h1-3,6-7,13H,4-5,8-11H2,(H,16,17)(H,18,19)(H,20,21);8H,1-7H2,(H,12,13)(H,14,15)(H,16,17)(H,18,19);1-6H2,(H,9,10)(H,11,12)(H,13,14);2-7H2,1H3,(H,9,10)(H,11,12);1-4H2,(H,6,7)(H2,8,9,10);2-5H2,1H3,(H2,6,7,8);2-3H2,1H3,(H2,4,5,6);2H2,1H3,(H2,3,4,5);;;;;;;;;;. The summed E-state index contributed by atoms with van der Waals surface area (Å²) in [5, 5.41) is 76.6. The molecule has 0 bridgehead atoms. The van der Waals surface area contributed by atoms with Crippen molar-refractivity contribution in [1.29, 1.82) is 0 Å². The topological polar surface area (TPSA) is 1060 Å². The van der Waals surface area contributed by atoms with Gasteiger partial charge in [-0.15, -0.1) is 0 Å². The molecule has 0 saturated carbocycles. The van der Waals surface area contributed by atoms with E-state index in [4.69, 9.17) is 176 Å². The van der Waals surface area contributed by atoms with Crippen LogP contribution in [0.15, 0.2) is 30.3 Å². The number of carboxylic acids is 9. The molecule has 0 amide bonds. The minimum absolute atomic E-state index is 0.00639. The molecule has 0 saturated heterocycles. The van der Waals surface area contributed by atoms with Crippen LogP contribution < -0.4 is 0 Å². The van der Waals surface area contributed by atoms with Crippen molar-refractivity contribution in [3.05, 3.63) is 35.9 Å². The average molecular weight is 2090 g/mol. The summed E-state index contributed by atoms with van der Waals surface area (Å²) in [6.07, 6.45) is 7.96. The predicted molar refractivity (Wildman–Crippen MR) is 431 cm³/mol. The van der Waals surface area contributed by atoms with Gasteiger partial charge in [-0.2, -0.15) is 95.9 Å². The first-order chi connectivity index (χ1) is 61.0. The highest BCUT2D eigenvalue weighted by Gasteiger charge is 2.31. The molecular formula is C67H112O58P8. The number of hydrogen-bond acceptors (Lipinski definition) is 37. The number of rotatable bonds is 48. The molecule has 58 nitrogen and oxygen atoms in total. The predicted octanol–water partition coefficient (Wildman–Crippen LogP) is 3.14. The van der Waals surface area contributed by atoms with Gasteiger partial charge >= 0.3 is 146 Å². The Morgan fingerprint density at radius 3 is 0.654 bits per heavy atom. The van der Waals surface area contributed by atoms with Gasteiger partial charge in [-0.05, 0) is 102 Å². The molecule has 768 valence electrons. The SMILES string of the molecule is CCCCCP(=O)(O)O.CCCP(=O)(O)CCCCC(=O)O.CCCP(=O)(O)O.CCP(=O)(O)O.O=C(O)CCCCP(=O)(O)CC(CCC(=O)O)C(=O)O.O=C(O)CCCCP(=O)(O)CC(Cc1ccccc1)C(=O)O.O=C(O)CCCCP(=O)(O)CCC(=O)O.O=C(O)CCCCP(=O)(O)O.O=C=O.O=C=O.O=C=O.O=C=O.O=C=O.O=C=O.O=C=O.O=C=O.O=C=O.O=C=O. The number of carbonyl (C=O) groups is 9. The lowest BCUT2D eigenvalue weighted by atomic mass is 10.0. The van der Waals surface area contributed by atoms with E-state index in [0.717, 1.165) is 18.4 Å². The fourth-order valence-corrected chi connectivity index (χ4v) is 16.2. The van der Waals surface area contributed by atoms with Crippen LogP contribution >= 0.6 is 59.9 Å². The van der Waals surface area contributed by atoms with Crippen LogP contribution in [0.2, 0.25) is 0 Å². The highest BCUT2D eigenvalue weighted by molar-refractivity contribution is 7.59. The van der Waals surface area contributed by atoms with Crippen LogP contribution in [0.3, 0.4) is 0 Å². The molecule has 1 aromatic rings. The lowest BCUT2D eigenvalue weighted by molar-refractivity contribution is -0.193. The Hall–Kier alpha value is -10.4. The van der Waals surface area contributed by atoms with Crippen LogP contribution in [0.5, 0.6) is 0 Å². The third-order valence-electron chi connectivity index (χ3n) is 12.7. The zero-order chi connectivity index (χ0) is 109. The van der Waals surface area contributed by atoms with Crippen LogP contribution in [0.4, 0.5) is 0 Å². The molecule has 0 heterocycles. The summed E-state index contributed by atoms with van der Waals surface area (Å²) in [6, 6.07) is 8.96. The first-order valence-electron chi connectivity index (χ1n) is 36.4. The second-order valence-corrected chi connectivity index (χ2v) is 41.3. The minimum atomic E-state index is -3.92. The zero-order valence-corrected chi connectivity index (χ0v) is 78.7. The van der Waals surface area contributed by atoms with Gasteiger partial charge < -0.3 is 105 Å². The van der Waals surface area contributed by atoms with E-state index >= 15 is 0 Å². The number of benzene rings is 1. The van der Waals surface area contributed by atoms with E-state index in [1.807, 2.05) is 19.9 Å². The summed E-state index contributed by atoms with van der Waals surface area (Å²) in [4.78, 5) is 360. The lowest BCUT2D eigenvalue weighted by Gasteiger charge is -2.17. The molecule has 0 aliphatic rings. The number of unbranched alkanes of at least 4 members (excludes halogenated alkanes) is 7. The molecule has 133 heavy (non-hydrogen) atoms. The quantitative estimate of drug-likeness (QED) is 0.0329. The molecule has 0 aliphatic carbocycles. The Labute approximate surface area is 756 Å². The van der Waals surface area contributed by atoms with Gasteiger partial charge in [-0.1, -0.05) is 70.9 Å². The van der Waals surface area contributed by atoms with Gasteiger partial charge in [0.25, 0.3) is 0 Å². The lowest BCUT2D eigenvalue weighted by Crippen LogP contribution is -2.21. The normalized spacial score (nSPS) is 11.4. The van der Waals surface area contributed by atoms with Crippen molar-refractivity contribution in [3.63, 3.8) is 0 Å². The van der Waals surface area contributed by atoms with E-state index in [2.05, 4.69) is 0 Å². The maximum Gasteiger partial charge on any atom is 0.373 e. The van der Waals surface area contributed by atoms with E-state index in [9.17, 15) is 104 Å². The molecule has 0 spiro atoms. The van der Waals surface area contributed by atoms with Gasteiger partial charge in [0.15, 0.2) is 0 Å². The van der Waals surface area contributed by atoms with Crippen LogP contribution in [0, 0.1) is 11.8 Å². The third-order valence-corrected chi connectivity index (χ3v) is 24.5. The zero-order valence-electron chi connectivity index (χ0n) is 71.6. The van der Waals surface area contributed by atoms with Crippen molar-refractivity contribution in [1.82, 2.24) is 0 Å². The average Bonchev–Trinajstić information content (AvgIpc) is 0.876. The smallest absolute Gasteiger partial charge is 0.373 e. The summed E-state index contributed by atoms with van der Waals surface area (Å²) in [6.45, 7) is 7.04. The summed E-state index contributed by atoms with van der Waals surface area (Å²) in [7, 11) is -28.5. The molecule has 0 aliphatic heterocycles. The van der Waals surface area contributed by atoms with Crippen LogP contribution in [-0.4, -0.2) is 294 Å². The monoisotopic (exact) mass is 2090 g/mol. The molecule has 0 aromatic heterocycles. The van der Waals surface area contributed by atoms with E-state index < -0.39 is 132 Å². The molecule has 1 rings (SSSR count). The maximum absolute atomic E-state index is 12.1. The molecule has 21 N–H and O–H groups in total. The Balaban J connectivity index is -0.0000000752. The van der Waals surface area contributed by atoms with Gasteiger partial charge in [-0.25, -0.2) is 0 Å². The Kier molecular flexibility index (Phi) is 139. The molecule has 1 aromatic carbocycles. The summed E-state index contributed by atoms with van der Waals surface area (Å²) < 4.78 is 86.5. The number of hydrogen-bond donors (Lipinski definition) is 21. The number of carbonyl (C=O) groups excluding carboxylic acids is 20. The fraction of sp³-hybridized carbons (Fsp3) is 0.627. The molecule has 0 fully saturated rings. The van der Waals surface area contributed by atoms with Gasteiger partial charge in [-0.3, -0.25) is 79.7 Å². The van der Waals surface area contributed by atoms with E-state index in [-0.39, 0.29) is 200 Å². The Morgan fingerprint density at radius 1 is 0.248 bits per heavy atom. The van der Waals surface area contributed by atoms with Gasteiger partial charge in [0.1, 0.15) is 0 Å². The van der Waals surface area contributed by atoms with Gasteiger partial charge in [0.05, 0.1) is 18.3 Å². The van der Waals surface area contributed by atoms with Crippen LogP contribution in [-0.2, 0) is 182 Å². The van der Waals surface area contributed by atoms with E-state index in [1.165, 1.54) is 6.92 Å². The fourth-order valence-electron chi connectivity index (χ4n) is 7.43. The molecule has 6 unspecified atom stereocenters. The summed E-state index contributed by atoms with van der Waals surface area (Å²) >= 11 is 0. The largest absolute Gasteiger partial charge is 0.481 e. The second-order valence-electron chi connectivity index (χ2n) is 23.9. The van der Waals surface area contributed by atoms with E-state index in [0.29, 0.717) is 70.4 Å². The second kappa shape index (κ2) is 114. The first-order valence-corrected chi connectivity index (χ1v) is 51.7. The first kappa shape index (κ1) is 163. The Bertz CT molecular complexity index is 3800. The molecule has 6 atom stereocenters. The summed E-state index contributed by atoms with van der Waals surface area (Å²) in [5.41, 5.74) is 0.806. The van der Waals surface area contributed by atoms with Crippen LogP contribution in [0.1, 0.15) is 181 Å². The highest BCUT2D eigenvalue weighted by Crippen LogP contribution is 2.46. The Morgan fingerprint density at radius 2 is 0.459 bits per heavy atom. The van der Waals surface area contributed by atoms with E-state index in [1.54, 1.807) is 31.2 Å². The van der Waals surface area contributed by atoms with Crippen molar-refractivity contribution >= 4 is 175 Å². The third kappa shape index (κ3) is 227. The van der Waals surface area contributed by atoms with Crippen molar-refractivity contribution in [3.8, 4) is 0 Å². The van der Waals surface area contributed by atoms with Crippen molar-refractivity contribution < 1.29 is 280 Å². The van der Waals surface area contributed by atoms with Gasteiger partial charge in [0.2, 0.25) is 29.5 Å². The summed E-state index contributed by atoms with van der Waals surface area (Å²) in [5.74, 6) is -11.4. The highest BCUT2D eigenvalue weighted by atomic mass is 31.2. The minimum Gasteiger partial charge on any atom is -0.481 e. The maximum atomic E-state index is 12.1. The number of aliphatic carboxylic acids is 9. The molecule has 66 heteroatoms.